The molecule has 0 aliphatic rings. The molecule has 0 saturated carbocycles. The normalized spacial score (nSPS) is 13.0. The van der Waals surface area contributed by atoms with E-state index in [1.165, 1.54) is 0 Å². The lowest BCUT2D eigenvalue weighted by Crippen LogP contribution is -2.27. The fourth-order valence-corrected chi connectivity index (χ4v) is 2.37. The van der Waals surface area contributed by atoms with Crippen LogP contribution >= 0.6 is 0 Å². The number of rotatable bonds is 6. The Morgan fingerprint density at radius 3 is 2.17 bits per heavy atom. The molecule has 0 amide bonds. The van der Waals surface area contributed by atoms with Crippen LogP contribution < -0.4 is 4.74 Å². The number of carbonyl (C=O) groups excluding carboxylic acids is 1. The molecule has 6 heteroatoms. The van der Waals surface area contributed by atoms with E-state index in [-0.39, 0.29) is 12.6 Å². The van der Waals surface area contributed by atoms with Gasteiger partial charge in [-0.25, -0.2) is 0 Å². The molecule has 0 unspecified atom stereocenters. The fraction of sp³-hybridized carbons (Fsp3) is 0.588. The van der Waals surface area contributed by atoms with E-state index in [0.29, 0.717) is 12.2 Å². The van der Waals surface area contributed by atoms with Gasteiger partial charge in [0.05, 0.1) is 18.3 Å². The Bertz CT molecular complexity index is 654. The molecule has 0 radical (unpaired) electrons. The van der Waals surface area contributed by atoms with Crippen molar-refractivity contribution >= 4 is 16.1 Å². The number of para-hydroxylation sites is 1. The third kappa shape index (κ3) is 7.14. The first kappa shape index (κ1) is 19.6. The van der Waals surface area contributed by atoms with Crippen molar-refractivity contribution in [1.29, 1.82) is 0 Å². The van der Waals surface area contributed by atoms with Gasteiger partial charge in [0, 0.05) is 0 Å². The number of ether oxygens (including phenoxy) is 1. The van der Waals surface area contributed by atoms with Crippen LogP contribution in [0.25, 0.3) is 0 Å². The lowest BCUT2D eigenvalue weighted by atomic mass is 9.86. The van der Waals surface area contributed by atoms with Crippen molar-refractivity contribution in [3.05, 3.63) is 29.8 Å². The molecular formula is C17H26O5S. The lowest BCUT2D eigenvalue weighted by molar-refractivity contribution is -0.143. The lowest BCUT2D eigenvalue weighted by Gasteiger charge is -2.25. The second-order valence-electron chi connectivity index (χ2n) is 7.55. The van der Waals surface area contributed by atoms with Crippen LogP contribution in [0.15, 0.2) is 24.3 Å². The van der Waals surface area contributed by atoms with Gasteiger partial charge in [-0.2, -0.15) is 8.42 Å². The van der Waals surface area contributed by atoms with Gasteiger partial charge in [0.1, 0.15) is 5.75 Å². The second-order valence-corrected chi connectivity index (χ2v) is 9.20. The van der Waals surface area contributed by atoms with Crippen molar-refractivity contribution < 1.29 is 22.1 Å². The molecule has 0 fully saturated rings. The average molecular weight is 342 g/mol. The van der Waals surface area contributed by atoms with Crippen LogP contribution in [0.3, 0.4) is 0 Å². The highest BCUT2D eigenvalue weighted by Gasteiger charge is 2.27. The van der Waals surface area contributed by atoms with Gasteiger partial charge in [-0.1, -0.05) is 32.0 Å². The topological polar surface area (TPSA) is 69.7 Å². The zero-order valence-corrected chi connectivity index (χ0v) is 15.5. The summed E-state index contributed by atoms with van der Waals surface area (Å²) < 4.78 is 32.7. The summed E-state index contributed by atoms with van der Waals surface area (Å²) in [4.78, 5) is 12.1. The first-order valence-corrected chi connectivity index (χ1v) is 9.26. The minimum absolute atomic E-state index is 0.0629. The Morgan fingerprint density at radius 1 is 1.09 bits per heavy atom. The number of esters is 1. The van der Waals surface area contributed by atoms with E-state index in [2.05, 4.69) is 0 Å². The minimum Gasteiger partial charge on any atom is -0.426 e. The van der Waals surface area contributed by atoms with Crippen LogP contribution in [-0.2, 0) is 25.5 Å². The highest BCUT2D eigenvalue weighted by molar-refractivity contribution is 7.85. The Kier molecular flexibility index (Phi) is 5.99. The van der Waals surface area contributed by atoms with Gasteiger partial charge < -0.3 is 4.74 Å². The summed E-state index contributed by atoms with van der Waals surface area (Å²) in [7, 11) is -3.48. The van der Waals surface area contributed by atoms with Crippen LogP contribution in [0.4, 0.5) is 0 Å². The summed E-state index contributed by atoms with van der Waals surface area (Å²) in [5.41, 5.74) is -0.178. The molecule has 0 heterocycles. The van der Waals surface area contributed by atoms with Gasteiger partial charge in [0.2, 0.25) is 0 Å². The summed E-state index contributed by atoms with van der Waals surface area (Å²) >= 11 is 0. The first-order valence-electron chi connectivity index (χ1n) is 7.45. The van der Waals surface area contributed by atoms with E-state index in [1.54, 1.807) is 32.9 Å². The molecular weight excluding hydrogens is 316 g/mol. The van der Waals surface area contributed by atoms with Gasteiger partial charge in [0.25, 0.3) is 10.1 Å². The van der Waals surface area contributed by atoms with E-state index in [4.69, 9.17) is 8.92 Å². The second kappa shape index (κ2) is 7.01. The van der Waals surface area contributed by atoms with Crippen LogP contribution in [0.5, 0.6) is 5.75 Å². The van der Waals surface area contributed by atoms with E-state index in [9.17, 15) is 13.2 Å². The molecule has 0 saturated heterocycles. The van der Waals surface area contributed by atoms with Crippen LogP contribution in [0.1, 0.15) is 40.2 Å². The third-order valence-electron chi connectivity index (χ3n) is 3.12. The van der Waals surface area contributed by atoms with Gasteiger partial charge in [-0.3, -0.25) is 8.98 Å². The maximum Gasteiger partial charge on any atom is 0.316 e. The molecule has 0 aliphatic carbocycles. The molecule has 130 valence electrons. The highest BCUT2D eigenvalue weighted by atomic mass is 32.2. The van der Waals surface area contributed by atoms with Crippen molar-refractivity contribution in [3.63, 3.8) is 0 Å². The molecule has 1 aromatic carbocycles. The maximum atomic E-state index is 12.1. The molecule has 23 heavy (non-hydrogen) atoms. The van der Waals surface area contributed by atoms with Crippen molar-refractivity contribution in [2.45, 2.75) is 41.0 Å². The molecule has 0 spiro atoms. The molecule has 1 rings (SSSR count). The number of hydrogen-bond acceptors (Lipinski definition) is 5. The fourth-order valence-electron chi connectivity index (χ4n) is 1.84. The molecule has 0 aliphatic heterocycles. The largest absolute Gasteiger partial charge is 0.426 e. The monoisotopic (exact) mass is 342 g/mol. The van der Waals surface area contributed by atoms with Crippen LogP contribution in [0, 0.1) is 10.8 Å². The Morgan fingerprint density at radius 2 is 1.65 bits per heavy atom. The summed E-state index contributed by atoms with van der Waals surface area (Å²) in [6.45, 7) is 9.25. The van der Waals surface area contributed by atoms with Gasteiger partial charge in [-0.15, -0.1) is 0 Å². The molecule has 0 aromatic heterocycles. The standard InChI is InChI=1S/C17H26O5S/c1-16(2,3)15(18)22-14-10-8-7-9-13(14)11-17(4,5)12-21-23(6,19)20/h7-10H,11-12H2,1-6H3. The molecule has 0 N–H and O–H groups in total. The molecule has 0 atom stereocenters. The molecule has 5 nitrogen and oxygen atoms in total. The Labute approximate surface area is 139 Å². The quantitative estimate of drug-likeness (QED) is 0.451. The summed E-state index contributed by atoms with van der Waals surface area (Å²) in [6.07, 6.45) is 1.55. The van der Waals surface area contributed by atoms with Crippen LogP contribution in [0.2, 0.25) is 0 Å². The van der Waals surface area contributed by atoms with Crippen molar-refractivity contribution in [3.8, 4) is 5.75 Å². The number of carbonyl (C=O) groups is 1. The maximum absolute atomic E-state index is 12.1. The predicted octanol–water partition coefficient (Wildman–Crippen LogP) is 3.18. The van der Waals surface area contributed by atoms with Crippen molar-refractivity contribution in [2.75, 3.05) is 12.9 Å². The predicted molar refractivity (Wildman–Crippen MR) is 89.8 cm³/mol. The first-order chi connectivity index (χ1) is 10.3. The number of hydrogen-bond donors (Lipinski definition) is 0. The Hall–Kier alpha value is -1.40. The zero-order chi connectivity index (χ0) is 17.9. The minimum atomic E-state index is -3.48. The van der Waals surface area contributed by atoms with Gasteiger partial charge >= 0.3 is 5.97 Å². The third-order valence-corrected chi connectivity index (χ3v) is 3.67. The molecule has 1 aromatic rings. The summed E-state index contributed by atoms with van der Waals surface area (Å²) in [5, 5.41) is 0. The van der Waals surface area contributed by atoms with Crippen molar-refractivity contribution in [1.82, 2.24) is 0 Å². The summed E-state index contributed by atoms with van der Waals surface area (Å²) in [6, 6.07) is 7.27. The molecule has 0 bridgehead atoms. The van der Waals surface area contributed by atoms with E-state index >= 15 is 0 Å². The number of benzene rings is 1. The summed E-state index contributed by atoms with van der Waals surface area (Å²) in [5.74, 6) is 0.190. The zero-order valence-electron chi connectivity index (χ0n) is 14.7. The van der Waals surface area contributed by atoms with Crippen LogP contribution in [-0.4, -0.2) is 27.2 Å². The van der Waals surface area contributed by atoms with Gasteiger partial charge in [-0.05, 0) is 44.2 Å². The average Bonchev–Trinajstić information content (AvgIpc) is 2.37. The van der Waals surface area contributed by atoms with Gasteiger partial charge in [0.15, 0.2) is 0 Å². The Balaban J connectivity index is 2.91. The highest BCUT2D eigenvalue weighted by Crippen LogP contribution is 2.30. The van der Waals surface area contributed by atoms with E-state index in [1.807, 2.05) is 26.0 Å². The van der Waals surface area contributed by atoms with E-state index in [0.717, 1.165) is 11.8 Å². The smallest absolute Gasteiger partial charge is 0.316 e. The van der Waals surface area contributed by atoms with E-state index < -0.39 is 20.9 Å². The SMILES string of the molecule is CC(C)(COS(C)(=O)=O)Cc1ccccc1OC(=O)C(C)(C)C. The van der Waals surface area contributed by atoms with Crippen molar-refractivity contribution in [2.24, 2.45) is 10.8 Å².